The van der Waals surface area contributed by atoms with Crippen LogP contribution in [0.3, 0.4) is 0 Å². The first kappa shape index (κ1) is 88.1. The quantitative estimate of drug-likeness (QED) is 0.0222. The molecule has 19 heteroatoms. The molecule has 2 unspecified atom stereocenters. The number of ether oxygens (including phenoxy) is 4. The Balaban J connectivity index is 5.25. The van der Waals surface area contributed by atoms with Crippen LogP contribution in [0.15, 0.2) is 0 Å². The summed E-state index contributed by atoms with van der Waals surface area (Å²) in [5, 5.41) is 10.6. The second-order valence-electron chi connectivity index (χ2n) is 26.1. The van der Waals surface area contributed by atoms with Crippen LogP contribution in [-0.4, -0.2) is 96.7 Å². The third-order valence-corrected chi connectivity index (χ3v) is 18.4. The third kappa shape index (κ3) is 64.8. The fourth-order valence-corrected chi connectivity index (χ4v) is 12.4. The molecule has 0 saturated carbocycles. The summed E-state index contributed by atoms with van der Waals surface area (Å²) in [6, 6.07) is 0. The van der Waals surface area contributed by atoms with Crippen LogP contribution in [0.5, 0.6) is 0 Å². The van der Waals surface area contributed by atoms with Gasteiger partial charge in [0.2, 0.25) is 0 Å². The van der Waals surface area contributed by atoms with Crippen LogP contribution in [0.25, 0.3) is 0 Å². The largest absolute Gasteiger partial charge is 0.472 e. The Hall–Kier alpha value is -1.94. The van der Waals surface area contributed by atoms with Gasteiger partial charge in [0.15, 0.2) is 12.2 Å². The molecule has 0 fully saturated rings. The van der Waals surface area contributed by atoms with Gasteiger partial charge in [-0.05, 0) is 31.6 Å². The highest BCUT2D eigenvalue weighted by atomic mass is 31.2. The lowest BCUT2D eigenvalue weighted by atomic mass is 10.0. The van der Waals surface area contributed by atoms with Gasteiger partial charge in [-0.1, -0.05) is 317 Å². The molecule has 0 aromatic rings. The van der Waals surface area contributed by atoms with E-state index in [1.54, 1.807) is 0 Å². The molecule has 0 saturated heterocycles. The summed E-state index contributed by atoms with van der Waals surface area (Å²) in [7, 11) is -9.90. The third-order valence-electron chi connectivity index (χ3n) is 16.5. The van der Waals surface area contributed by atoms with E-state index in [1.165, 1.54) is 186 Å². The van der Waals surface area contributed by atoms with E-state index in [4.69, 9.17) is 37.0 Å². The fourth-order valence-electron chi connectivity index (χ4n) is 10.8. The molecule has 0 aliphatic carbocycles. The van der Waals surface area contributed by atoms with Crippen LogP contribution < -0.4 is 0 Å². The van der Waals surface area contributed by atoms with Crippen LogP contribution in [0, 0.1) is 5.92 Å². The van der Waals surface area contributed by atoms with E-state index in [2.05, 4.69) is 34.6 Å². The molecule has 0 aliphatic heterocycles. The van der Waals surface area contributed by atoms with E-state index < -0.39 is 97.5 Å². The van der Waals surface area contributed by atoms with E-state index in [0.29, 0.717) is 31.6 Å². The molecule has 5 atom stereocenters. The Morgan fingerprint density at radius 3 is 0.756 bits per heavy atom. The number of aliphatic hydroxyl groups is 1. The van der Waals surface area contributed by atoms with Crippen molar-refractivity contribution in [2.24, 2.45) is 5.92 Å². The highest BCUT2D eigenvalue weighted by molar-refractivity contribution is 7.47. The molecule has 3 N–H and O–H groups in total. The number of unbranched alkanes of at least 4 members (excludes halogenated alkanes) is 43. The summed E-state index contributed by atoms with van der Waals surface area (Å²) in [5.74, 6) is -1.41. The van der Waals surface area contributed by atoms with Crippen molar-refractivity contribution in [1.29, 1.82) is 0 Å². The van der Waals surface area contributed by atoms with Crippen molar-refractivity contribution in [2.75, 3.05) is 39.6 Å². The maximum Gasteiger partial charge on any atom is 0.472 e. The lowest BCUT2D eigenvalue weighted by Gasteiger charge is -2.21. The molecule has 0 heterocycles. The molecule has 90 heavy (non-hydrogen) atoms. The number of esters is 4. The monoisotopic (exact) mass is 1320 g/mol. The zero-order valence-electron chi connectivity index (χ0n) is 58.3. The van der Waals surface area contributed by atoms with E-state index >= 15 is 0 Å². The molecular formula is C71H138O17P2. The number of hydrogen-bond donors (Lipinski definition) is 3. The molecular weight excluding hydrogens is 1190 g/mol. The average Bonchev–Trinajstić information content (AvgIpc) is 3.51. The SMILES string of the molecule is CCCCCCCCCCCCCCCCC(=O)O[C@H](COC(=O)CCCCCCCCCCCCCCC)COP(=O)(O)OC[C@@H](O)COP(=O)(O)OC[C@@H](COC(=O)CCCCCCCCCC(C)C)OC(=O)CCCCCCCCCCCCCCC. The number of hydrogen-bond acceptors (Lipinski definition) is 15. The summed E-state index contributed by atoms with van der Waals surface area (Å²) >= 11 is 0. The Bertz CT molecular complexity index is 1740. The molecule has 0 aliphatic rings. The lowest BCUT2D eigenvalue weighted by Crippen LogP contribution is -2.30. The van der Waals surface area contributed by atoms with E-state index in [1.807, 2.05) is 0 Å². The molecule has 0 aromatic carbocycles. The van der Waals surface area contributed by atoms with Gasteiger partial charge in [0.05, 0.1) is 26.4 Å². The molecule has 0 bridgehead atoms. The predicted octanol–water partition coefficient (Wildman–Crippen LogP) is 20.5. The van der Waals surface area contributed by atoms with Gasteiger partial charge in [-0.15, -0.1) is 0 Å². The number of aliphatic hydroxyl groups excluding tert-OH is 1. The summed E-state index contributed by atoms with van der Waals surface area (Å²) < 4.78 is 68.3. The van der Waals surface area contributed by atoms with Crippen LogP contribution in [-0.2, 0) is 65.4 Å². The molecule has 534 valence electrons. The van der Waals surface area contributed by atoms with Crippen molar-refractivity contribution in [3.05, 3.63) is 0 Å². The minimum absolute atomic E-state index is 0.107. The Kier molecular flexibility index (Phi) is 63.0. The molecule has 0 aromatic heterocycles. The number of phosphoric acid groups is 2. The summed E-state index contributed by atoms with van der Waals surface area (Å²) in [6.07, 6.45) is 51.2. The molecule has 0 spiro atoms. The molecule has 17 nitrogen and oxygen atoms in total. The number of rotatable bonds is 71. The maximum atomic E-state index is 13.0. The summed E-state index contributed by atoms with van der Waals surface area (Å²) in [4.78, 5) is 72.6. The zero-order chi connectivity index (χ0) is 66.3. The molecule has 0 amide bonds. The van der Waals surface area contributed by atoms with Gasteiger partial charge in [-0.25, -0.2) is 9.13 Å². The van der Waals surface area contributed by atoms with Crippen LogP contribution in [0.4, 0.5) is 0 Å². The highest BCUT2D eigenvalue weighted by Gasteiger charge is 2.30. The first-order valence-electron chi connectivity index (χ1n) is 37.1. The minimum Gasteiger partial charge on any atom is -0.462 e. The Morgan fingerprint density at radius 2 is 0.511 bits per heavy atom. The van der Waals surface area contributed by atoms with Crippen LogP contribution >= 0.6 is 15.6 Å². The van der Waals surface area contributed by atoms with E-state index in [0.717, 1.165) is 96.3 Å². The Morgan fingerprint density at radius 1 is 0.300 bits per heavy atom. The predicted molar refractivity (Wildman–Crippen MR) is 363 cm³/mol. The smallest absolute Gasteiger partial charge is 0.462 e. The van der Waals surface area contributed by atoms with Gasteiger partial charge in [0, 0.05) is 25.7 Å². The van der Waals surface area contributed by atoms with Gasteiger partial charge in [-0.3, -0.25) is 37.3 Å². The first-order chi connectivity index (χ1) is 43.5. The summed E-state index contributed by atoms with van der Waals surface area (Å²) in [6.45, 7) is 7.21. The standard InChI is InChI=1S/C71H138O17P2/c1-6-9-12-15-18-21-24-27-30-33-36-41-47-52-57-71(76)87-66(60-81-68(73)54-49-44-39-34-31-28-25-22-19-16-13-10-7-2)62-85-89(77,78)83-58-65(72)59-84-90(79,80)86-63-67(61-82-69(74)55-50-45-42-37-38-43-48-53-64(4)5)88-70(75)56-51-46-40-35-32-29-26-23-20-17-14-11-8-3/h64-67,72H,6-63H2,1-5H3,(H,77,78)(H,79,80)/t65-,66-,67-/m1/s1. The van der Waals surface area contributed by atoms with Crippen LogP contribution in [0.1, 0.15) is 369 Å². The van der Waals surface area contributed by atoms with Crippen molar-refractivity contribution < 1.29 is 80.2 Å². The second-order valence-corrected chi connectivity index (χ2v) is 29.0. The van der Waals surface area contributed by atoms with Gasteiger partial charge in [-0.2, -0.15) is 0 Å². The normalized spacial score (nSPS) is 14.1. The number of phosphoric ester groups is 2. The molecule has 0 rings (SSSR count). The second kappa shape index (κ2) is 64.4. The molecule has 0 radical (unpaired) electrons. The van der Waals surface area contributed by atoms with Crippen molar-refractivity contribution in [2.45, 2.75) is 387 Å². The lowest BCUT2D eigenvalue weighted by molar-refractivity contribution is -0.161. The van der Waals surface area contributed by atoms with Gasteiger partial charge < -0.3 is 33.8 Å². The van der Waals surface area contributed by atoms with Gasteiger partial charge in [0.1, 0.15) is 19.3 Å². The first-order valence-corrected chi connectivity index (χ1v) is 40.1. The van der Waals surface area contributed by atoms with Crippen molar-refractivity contribution in [3.8, 4) is 0 Å². The topological polar surface area (TPSA) is 237 Å². The maximum absolute atomic E-state index is 13.0. The Labute approximate surface area is 549 Å². The fraction of sp³-hybridized carbons (Fsp3) is 0.944. The van der Waals surface area contributed by atoms with E-state index in [-0.39, 0.29) is 25.7 Å². The number of carbonyl (C=O) groups is 4. The van der Waals surface area contributed by atoms with Crippen molar-refractivity contribution in [1.82, 2.24) is 0 Å². The number of carbonyl (C=O) groups excluding carboxylic acids is 4. The van der Waals surface area contributed by atoms with E-state index in [9.17, 15) is 43.2 Å². The summed E-state index contributed by atoms with van der Waals surface area (Å²) in [5.41, 5.74) is 0. The van der Waals surface area contributed by atoms with Gasteiger partial charge in [0.25, 0.3) is 0 Å². The zero-order valence-corrected chi connectivity index (χ0v) is 60.1. The van der Waals surface area contributed by atoms with Gasteiger partial charge >= 0.3 is 39.5 Å². The van der Waals surface area contributed by atoms with Crippen molar-refractivity contribution >= 4 is 39.5 Å². The average molecular weight is 1330 g/mol. The minimum atomic E-state index is -4.95. The van der Waals surface area contributed by atoms with Crippen molar-refractivity contribution in [3.63, 3.8) is 0 Å². The highest BCUT2D eigenvalue weighted by Crippen LogP contribution is 2.45. The van der Waals surface area contributed by atoms with Crippen LogP contribution in [0.2, 0.25) is 0 Å².